The van der Waals surface area contributed by atoms with E-state index in [1.807, 2.05) is 0 Å². The number of hydrogen-bond acceptors (Lipinski definition) is 8. The van der Waals surface area contributed by atoms with Crippen LogP contribution in [0.25, 0.3) is 0 Å². The van der Waals surface area contributed by atoms with Gasteiger partial charge in [-0.05, 0) is 12.8 Å². The number of phosphoric acid groups is 1. The second-order valence-electron chi connectivity index (χ2n) is 9.42. The van der Waals surface area contributed by atoms with Crippen molar-refractivity contribution in [3.63, 3.8) is 0 Å². The van der Waals surface area contributed by atoms with Gasteiger partial charge in [-0.3, -0.25) is 14.6 Å². The maximum absolute atomic E-state index is 11.6. The van der Waals surface area contributed by atoms with Gasteiger partial charge in [0.15, 0.2) is 11.9 Å². The highest BCUT2D eigenvalue weighted by Gasteiger charge is 2.44. The molecule has 12 heteroatoms. The second kappa shape index (κ2) is 17.7. The van der Waals surface area contributed by atoms with Gasteiger partial charge in [0.25, 0.3) is 5.76 Å². The molecule has 0 saturated heterocycles. The standard InChI is InChI=1S/C24H43O11P/c25-18(20(28)22-21(29)23(24(30)34-22)35-36(31,32)33)16-14-12-10-8-6-4-2-1-3-5-7-9-11-13-15-17-19(26)27/h18,20,22,25,28-29H,1-17H2,(H,26,27)(H2,31,32,33)/t18?,20-,22+/m0/s1. The molecule has 0 aromatic heterocycles. The first-order valence-electron chi connectivity index (χ1n) is 13.0. The number of aliphatic carboxylic acids is 1. The Balaban J connectivity index is 2.01. The van der Waals surface area contributed by atoms with Gasteiger partial charge in [-0.1, -0.05) is 89.9 Å². The van der Waals surface area contributed by atoms with E-state index in [1.54, 1.807) is 0 Å². The number of hydrogen-bond donors (Lipinski definition) is 6. The number of ether oxygens (including phenoxy) is 1. The molecule has 0 amide bonds. The van der Waals surface area contributed by atoms with Crippen LogP contribution in [0.1, 0.15) is 109 Å². The lowest BCUT2D eigenvalue weighted by atomic mass is 9.99. The van der Waals surface area contributed by atoms with Crippen molar-refractivity contribution >= 4 is 19.8 Å². The summed E-state index contributed by atoms with van der Waals surface area (Å²) in [6.45, 7) is 0. The van der Waals surface area contributed by atoms with Gasteiger partial charge in [0, 0.05) is 6.42 Å². The zero-order chi connectivity index (χ0) is 27.0. The van der Waals surface area contributed by atoms with Gasteiger partial charge in [-0.15, -0.1) is 0 Å². The zero-order valence-electron chi connectivity index (χ0n) is 20.9. The van der Waals surface area contributed by atoms with Crippen molar-refractivity contribution in [3.05, 3.63) is 11.5 Å². The van der Waals surface area contributed by atoms with E-state index in [0.29, 0.717) is 6.42 Å². The Morgan fingerprint density at radius 1 is 0.833 bits per heavy atom. The molecule has 0 fully saturated rings. The SMILES string of the molecule is O=C(O)CCCCCCCCCCCCCCCCCC(O)[C@H](O)[C@H]1OC(=O)C(OP(=O)(O)O)=C1O. The molecule has 36 heavy (non-hydrogen) atoms. The van der Waals surface area contributed by atoms with Crippen LogP contribution < -0.4 is 0 Å². The number of esters is 1. The number of cyclic esters (lactones) is 1. The van der Waals surface area contributed by atoms with Crippen molar-refractivity contribution < 1.29 is 53.6 Å². The van der Waals surface area contributed by atoms with E-state index in [4.69, 9.17) is 19.6 Å². The maximum atomic E-state index is 11.6. The Hall–Kier alpha value is -1.65. The fourth-order valence-corrected chi connectivity index (χ4v) is 4.60. The number of aliphatic hydroxyl groups excluding tert-OH is 3. The molecule has 0 bridgehead atoms. The number of carbonyl (C=O) groups excluding carboxylic acids is 1. The predicted octanol–water partition coefficient (Wildman–Crippen LogP) is 4.23. The van der Waals surface area contributed by atoms with E-state index in [9.17, 15) is 29.5 Å². The summed E-state index contributed by atoms with van der Waals surface area (Å²) in [4.78, 5) is 39.6. The summed E-state index contributed by atoms with van der Waals surface area (Å²) in [5.74, 6) is -4.06. The smallest absolute Gasteiger partial charge is 0.505 e. The summed E-state index contributed by atoms with van der Waals surface area (Å²) >= 11 is 0. The number of carboxylic acids is 1. The van der Waals surface area contributed by atoms with Crippen LogP contribution >= 0.6 is 7.82 Å². The van der Waals surface area contributed by atoms with E-state index in [0.717, 1.165) is 44.9 Å². The van der Waals surface area contributed by atoms with E-state index >= 15 is 0 Å². The average molecular weight is 539 g/mol. The quantitative estimate of drug-likeness (QED) is 0.0657. The summed E-state index contributed by atoms with van der Waals surface area (Å²) in [6, 6.07) is 0. The molecule has 210 valence electrons. The molecule has 0 radical (unpaired) electrons. The summed E-state index contributed by atoms with van der Waals surface area (Å²) in [5.41, 5.74) is 0. The molecule has 11 nitrogen and oxygen atoms in total. The maximum Gasteiger partial charge on any atom is 0.525 e. The Kier molecular flexibility index (Phi) is 16.0. The number of carboxylic acid groups (broad SMARTS) is 1. The first-order chi connectivity index (χ1) is 17.0. The van der Waals surface area contributed by atoms with Gasteiger partial charge in [0.2, 0.25) is 0 Å². The van der Waals surface area contributed by atoms with Crippen LogP contribution in [0.2, 0.25) is 0 Å². The van der Waals surface area contributed by atoms with Crippen molar-refractivity contribution in [2.45, 2.75) is 127 Å². The highest BCUT2D eigenvalue weighted by molar-refractivity contribution is 7.46. The van der Waals surface area contributed by atoms with Gasteiger partial charge in [-0.2, -0.15) is 0 Å². The molecular weight excluding hydrogens is 495 g/mol. The fourth-order valence-electron chi connectivity index (χ4n) is 4.19. The number of carbonyl (C=O) groups is 2. The van der Waals surface area contributed by atoms with Crippen LogP contribution in [0, 0.1) is 0 Å². The number of rotatable bonds is 22. The normalized spacial score (nSPS) is 17.8. The first kappa shape index (κ1) is 32.4. The molecule has 1 heterocycles. The minimum Gasteiger partial charge on any atom is -0.505 e. The summed E-state index contributed by atoms with van der Waals surface area (Å²) in [6.07, 6.45) is 12.0. The number of aliphatic hydroxyl groups is 3. The zero-order valence-corrected chi connectivity index (χ0v) is 21.8. The number of phosphoric ester groups is 1. The highest BCUT2D eigenvalue weighted by atomic mass is 31.2. The van der Waals surface area contributed by atoms with Crippen molar-refractivity contribution in [2.75, 3.05) is 0 Å². The predicted molar refractivity (Wildman–Crippen MR) is 131 cm³/mol. The second-order valence-corrected chi connectivity index (χ2v) is 10.6. The van der Waals surface area contributed by atoms with Gasteiger partial charge >= 0.3 is 19.8 Å². The average Bonchev–Trinajstić information content (AvgIpc) is 3.07. The van der Waals surface area contributed by atoms with Gasteiger partial charge < -0.3 is 29.7 Å². The molecule has 0 aromatic carbocycles. The van der Waals surface area contributed by atoms with E-state index < -0.39 is 49.6 Å². The molecule has 3 atom stereocenters. The third-order valence-electron chi connectivity index (χ3n) is 6.23. The van der Waals surface area contributed by atoms with Crippen molar-refractivity contribution in [1.82, 2.24) is 0 Å². The lowest BCUT2D eigenvalue weighted by Crippen LogP contribution is -2.39. The molecule has 0 spiro atoms. The third kappa shape index (κ3) is 14.2. The third-order valence-corrected chi connectivity index (χ3v) is 6.65. The van der Waals surface area contributed by atoms with Crippen LogP contribution in [0.3, 0.4) is 0 Å². The van der Waals surface area contributed by atoms with Crippen molar-refractivity contribution in [1.29, 1.82) is 0 Å². The minimum atomic E-state index is -5.10. The molecule has 1 rings (SSSR count). The molecule has 1 aliphatic heterocycles. The molecular formula is C24H43O11P. The summed E-state index contributed by atoms with van der Waals surface area (Å²) in [7, 11) is -5.10. The van der Waals surface area contributed by atoms with Crippen LogP contribution in [-0.2, 0) is 23.4 Å². The van der Waals surface area contributed by atoms with Crippen molar-refractivity contribution in [3.8, 4) is 0 Å². The topological polar surface area (TPSA) is 191 Å². The van der Waals surface area contributed by atoms with Gasteiger partial charge in [-0.25, -0.2) is 9.36 Å². The Morgan fingerprint density at radius 2 is 1.25 bits per heavy atom. The Bertz CT molecular complexity index is 734. The lowest BCUT2D eigenvalue weighted by molar-refractivity contribution is -0.150. The monoisotopic (exact) mass is 538 g/mol. The van der Waals surface area contributed by atoms with E-state index in [-0.39, 0.29) is 12.8 Å². The largest absolute Gasteiger partial charge is 0.525 e. The molecule has 1 unspecified atom stereocenters. The summed E-state index contributed by atoms with van der Waals surface area (Å²) < 4.78 is 19.7. The molecule has 1 aliphatic rings. The molecule has 6 N–H and O–H groups in total. The van der Waals surface area contributed by atoms with Crippen LogP contribution in [0.4, 0.5) is 0 Å². The Morgan fingerprint density at radius 3 is 1.67 bits per heavy atom. The fraction of sp³-hybridized carbons (Fsp3) is 0.833. The van der Waals surface area contributed by atoms with E-state index in [2.05, 4.69) is 4.52 Å². The Labute approximate surface area is 212 Å². The van der Waals surface area contributed by atoms with Crippen LogP contribution in [-0.4, -0.2) is 60.5 Å². The van der Waals surface area contributed by atoms with Gasteiger partial charge in [0.1, 0.15) is 6.10 Å². The van der Waals surface area contributed by atoms with E-state index in [1.165, 1.54) is 44.9 Å². The number of unbranched alkanes of at least 4 members (excludes halogenated alkanes) is 14. The van der Waals surface area contributed by atoms with Crippen molar-refractivity contribution in [2.24, 2.45) is 0 Å². The molecule has 0 aromatic rings. The molecule has 0 saturated carbocycles. The highest BCUT2D eigenvalue weighted by Crippen LogP contribution is 2.42. The summed E-state index contributed by atoms with van der Waals surface area (Å²) in [5, 5.41) is 38.8. The van der Waals surface area contributed by atoms with Gasteiger partial charge in [0.05, 0.1) is 6.10 Å². The lowest BCUT2D eigenvalue weighted by Gasteiger charge is -2.22. The minimum absolute atomic E-state index is 0.219. The molecule has 0 aliphatic carbocycles. The van der Waals surface area contributed by atoms with Crippen LogP contribution in [0.5, 0.6) is 0 Å². The van der Waals surface area contributed by atoms with Crippen LogP contribution in [0.15, 0.2) is 11.5 Å². The first-order valence-corrected chi connectivity index (χ1v) is 14.5.